The second kappa shape index (κ2) is 9.35. The molecular formula is C26H26N6O2. The zero-order valence-corrected chi connectivity index (χ0v) is 19.1. The lowest BCUT2D eigenvalue weighted by molar-refractivity contribution is 0.262. The van der Waals surface area contributed by atoms with E-state index in [1.54, 1.807) is 0 Å². The number of aromatic nitrogens is 4. The maximum atomic E-state index is 12.9. The van der Waals surface area contributed by atoms with Crippen molar-refractivity contribution in [3.8, 4) is 28.3 Å². The molecule has 172 valence electrons. The lowest BCUT2D eigenvalue weighted by Gasteiger charge is -2.20. The summed E-state index contributed by atoms with van der Waals surface area (Å²) in [7, 11) is 0. The van der Waals surface area contributed by atoms with E-state index in [0.717, 1.165) is 52.1 Å². The number of hydrogen-bond donors (Lipinski definition) is 3. The number of aryl methyl sites for hydroxylation is 1. The highest BCUT2D eigenvalue weighted by atomic mass is 16.5. The number of nitrogens with zero attached hydrogens (tertiary/aromatic N) is 3. The topological polar surface area (TPSA) is 105 Å². The predicted molar refractivity (Wildman–Crippen MR) is 132 cm³/mol. The van der Waals surface area contributed by atoms with Crippen molar-refractivity contribution < 1.29 is 9.53 Å². The highest BCUT2D eigenvalue weighted by Gasteiger charge is 2.23. The fourth-order valence-electron chi connectivity index (χ4n) is 4.27. The molecule has 0 aliphatic carbocycles. The van der Waals surface area contributed by atoms with Gasteiger partial charge >= 0.3 is 6.03 Å². The highest BCUT2D eigenvalue weighted by molar-refractivity contribution is 6.01. The van der Waals surface area contributed by atoms with Crippen molar-refractivity contribution in [1.29, 1.82) is 0 Å². The summed E-state index contributed by atoms with van der Waals surface area (Å²) in [4.78, 5) is 12.9. The molecule has 0 fully saturated rings. The number of rotatable bonds is 4. The molecule has 2 heterocycles. The normalized spacial score (nSPS) is 15.1. The van der Waals surface area contributed by atoms with Gasteiger partial charge in [-0.25, -0.2) is 4.79 Å². The number of aromatic amines is 1. The largest absolute Gasteiger partial charge is 0.491 e. The number of amides is 2. The van der Waals surface area contributed by atoms with E-state index in [0.29, 0.717) is 18.1 Å². The fourth-order valence-corrected chi connectivity index (χ4v) is 4.27. The van der Waals surface area contributed by atoms with Crippen molar-refractivity contribution in [1.82, 2.24) is 20.6 Å². The summed E-state index contributed by atoms with van der Waals surface area (Å²) in [5.41, 5.74) is 6.31. The second-order valence-electron chi connectivity index (χ2n) is 8.56. The lowest BCUT2D eigenvalue weighted by Crippen LogP contribution is -2.20. The molecule has 1 aliphatic rings. The number of anilines is 2. The molecule has 8 heteroatoms. The Morgan fingerprint density at radius 1 is 1.06 bits per heavy atom. The molecule has 1 aromatic heterocycles. The van der Waals surface area contributed by atoms with Gasteiger partial charge in [0.2, 0.25) is 5.82 Å². The van der Waals surface area contributed by atoms with Crippen molar-refractivity contribution >= 4 is 17.4 Å². The molecule has 3 N–H and O–H groups in total. The number of tetrazole rings is 1. The van der Waals surface area contributed by atoms with Crippen LogP contribution in [0.3, 0.4) is 0 Å². The van der Waals surface area contributed by atoms with Gasteiger partial charge in [0.25, 0.3) is 0 Å². The summed E-state index contributed by atoms with van der Waals surface area (Å²) >= 11 is 0. The van der Waals surface area contributed by atoms with Gasteiger partial charge in [0.1, 0.15) is 5.75 Å². The molecule has 4 aromatic rings. The average Bonchev–Trinajstić information content (AvgIpc) is 3.31. The molecule has 1 atom stereocenters. The molecule has 0 radical (unpaired) electrons. The van der Waals surface area contributed by atoms with Crippen LogP contribution in [0.15, 0.2) is 60.7 Å². The van der Waals surface area contributed by atoms with Gasteiger partial charge in [0.15, 0.2) is 0 Å². The Morgan fingerprint density at radius 2 is 1.85 bits per heavy atom. The Morgan fingerprint density at radius 3 is 2.62 bits per heavy atom. The van der Waals surface area contributed by atoms with Crippen LogP contribution in [0.4, 0.5) is 16.2 Å². The number of nitrogens with one attached hydrogen (secondary N) is 3. The summed E-state index contributed by atoms with van der Waals surface area (Å²) in [6.07, 6.45) is 1.97. The van der Waals surface area contributed by atoms with Crippen molar-refractivity contribution in [2.45, 2.75) is 32.6 Å². The van der Waals surface area contributed by atoms with Crippen LogP contribution in [0.2, 0.25) is 0 Å². The Hall–Kier alpha value is -4.20. The first-order valence-electron chi connectivity index (χ1n) is 11.4. The van der Waals surface area contributed by atoms with Crippen LogP contribution in [0.25, 0.3) is 22.5 Å². The van der Waals surface area contributed by atoms with Crippen LogP contribution in [-0.4, -0.2) is 33.3 Å². The average molecular weight is 455 g/mol. The quantitative estimate of drug-likeness (QED) is 0.363. The van der Waals surface area contributed by atoms with E-state index in [1.165, 1.54) is 0 Å². The minimum atomic E-state index is -0.324. The molecule has 34 heavy (non-hydrogen) atoms. The van der Waals surface area contributed by atoms with E-state index >= 15 is 0 Å². The first kappa shape index (κ1) is 21.6. The first-order chi connectivity index (χ1) is 16.6. The third-order valence-corrected chi connectivity index (χ3v) is 6.06. The Kier molecular flexibility index (Phi) is 5.95. The number of benzene rings is 3. The summed E-state index contributed by atoms with van der Waals surface area (Å²) < 4.78 is 6.13. The van der Waals surface area contributed by atoms with Gasteiger partial charge < -0.3 is 15.4 Å². The first-order valence-corrected chi connectivity index (χ1v) is 11.4. The van der Waals surface area contributed by atoms with Crippen molar-refractivity contribution in [2.75, 3.05) is 17.2 Å². The molecule has 2 amide bonds. The van der Waals surface area contributed by atoms with Crippen LogP contribution in [-0.2, 0) is 0 Å². The van der Waals surface area contributed by atoms with E-state index in [-0.39, 0.29) is 11.9 Å². The van der Waals surface area contributed by atoms with Crippen LogP contribution in [0, 0.1) is 6.92 Å². The smallest absolute Gasteiger partial charge is 0.323 e. The molecule has 8 nitrogen and oxygen atoms in total. The van der Waals surface area contributed by atoms with Crippen LogP contribution in [0.1, 0.15) is 36.8 Å². The summed E-state index contributed by atoms with van der Waals surface area (Å²) in [6.45, 7) is 4.82. The second-order valence-corrected chi connectivity index (χ2v) is 8.56. The zero-order chi connectivity index (χ0) is 23.5. The van der Waals surface area contributed by atoms with E-state index in [2.05, 4.69) is 44.2 Å². The molecule has 1 aliphatic heterocycles. The SMILES string of the molecule is Cc1ccc(NC(=O)Nc2cc(-c3ccccc3-c3nn[nH]n3)cc3c2OCCCC3C)cc1. The zero-order valence-electron chi connectivity index (χ0n) is 19.1. The fraction of sp³-hybridized carbons (Fsp3) is 0.231. The molecule has 1 unspecified atom stereocenters. The third kappa shape index (κ3) is 4.47. The van der Waals surface area contributed by atoms with Gasteiger partial charge in [-0.15, -0.1) is 10.2 Å². The van der Waals surface area contributed by atoms with Crippen LogP contribution in [0.5, 0.6) is 5.75 Å². The van der Waals surface area contributed by atoms with Crippen molar-refractivity contribution in [3.05, 3.63) is 71.8 Å². The summed E-state index contributed by atoms with van der Waals surface area (Å²) in [5.74, 6) is 1.53. The number of urea groups is 1. The summed E-state index contributed by atoms with van der Waals surface area (Å²) in [6, 6.07) is 19.4. The molecule has 3 aromatic carbocycles. The Labute approximate surface area is 197 Å². The molecule has 5 rings (SSSR count). The maximum absolute atomic E-state index is 12.9. The Balaban J connectivity index is 1.55. The monoisotopic (exact) mass is 454 g/mol. The minimum Gasteiger partial charge on any atom is -0.491 e. The molecule has 0 spiro atoms. The van der Waals surface area contributed by atoms with Crippen molar-refractivity contribution in [3.63, 3.8) is 0 Å². The van der Waals surface area contributed by atoms with Crippen LogP contribution < -0.4 is 15.4 Å². The molecular weight excluding hydrogens is 428 g/mol. The number of hydrogen-bond acceptors (Lipinski definition) is 5. The number of carbonyl (C=O) groups is 1. The maximum Gasteiger partial charge on any atom is 0.323 e. The van der Waals surface area contributed by atoms with E-state index < -0.39 is 0 Å². The van der Waals surface area contributed by atoms with Gasteiger partial charge in [0, 0.05) is 11.3 Å². The predicted octanol–water partition coefficient (Wildman–Crippen LogP) is 5.76. The standard InChI is InChI=1S/C26H26N6O2/c1-16-9-11-19(12-10-16)27-26(33)28-23-15-18(14-22-17(2)6-5-13-34-24(22)23)20-7-3-4-8-21(20)25-29-31-32-30-25/h3-4,7-12,14-15,17H,5-6,13H2,1-2H3,(H2,27,28,33)(H,29,30,31,32). The number of carbonyl (C=O) groups excluding carboxylic acids is 1. The van der Waals surface area contributed by atoms with Gasteiger partial charge in [0.05, 0.1) is 12.3 Å². The lowest BCUT2D eigenvalue weighted by atomic mass is 9.90. The highest BCUT2D eigenvalue weighted by Crippen LogP contribution is 2.43. The van der Waals surface area contributed by atoms with Gasteiger partial charge in [-0.1, -0.05) is 48.9 Å². The molecule has 0 bridgehead atoms. The van der Waals surface area contributed by atoms with Gasteiger partial charge in [-0.3, -0.25) is 0 Å². The van der Waals surface area contributed by atoms with Crippen molar-refractivity contribution in [2.24, 2.45) is 0 Å². The van der Waals surface area contributed by atoms with Gasteiger partial charge in [-0.2, -0.15) is 5.21 Å². The van der Waals surface area contributed by atoms with Gasteiger partial charge in [-0.05, 0) is 71.9 Å². The minimum absolute atomic E-state index is 0.287. The van der Waals surface area contributed by atoms with Crippen LogP contribution >= 0.6 is 0 Å². The van der Waals surface area contributed by atoms with E-state index in [4.69, 9.17) is 4.74 Å². The molecule has 0 saturated carbocycles. The summed E-state index contributed by atoms with van der Waals surface area (Å²) in [5, 5.41) is 20.5. The van der Waals surface area contributed by atoms with E-state index in [1.807, 2.05) is 61.5 Å². The number of ether oxygens (including phenoxy) is 1. The molecule has 0 saturated heterocycles. The Bertz CT molecular complexity index is 1300. The number of H-pyrrole nitrogens is 1. The van der Waals surface area contributed by atoms with E-state index in [9.17, 15) is 4.79 Å². The third-order valence-electron chi connectivity index (χ3n) is 6.06. The number of fused-ring (bicyclic) bond motifs is 1.